The number of benzene rings is 2. The molecule has 0 saturated carbocycles. The van der Waals surface area contributed by atoms with Gasteiger partial charge in [-0.25, -0.2) is 0 Å². The number of carbonyl (C=O) groups excluding carboxylic acids is 2. The van der Waals surface area contributed by atoms with Crippen LogP contribution in [0.3, 0.4) is 0 Å². The third-order valence-electron chi connectivity index (χ3n) is 4.39. The Morgan fingerprint density at radius 1 is 1.03 bits per heavy atom. The Hall–Kier alpha value is -3.17. The first-order chi connectivity index (χ1) is 14.4. The molecule has 150 valence electrons. The van der Waals surface area contributed by atoms with Crippen molar-refractivity contribution in [3.63, 3.8) is 0 Å². The van der Waals surface area contributed by atoms with Crippen molar-refractivity contribution in [2.45, 2.75) is 6.54 Å². The monoisotopic (exact) mass is 484 g/mol. The number of carbonyl (C=O) groups is 2. The summed E-state index contributed by atoms with van der Waals surface area (Å²) < 4.78 is 6.65. The summed E-state index contributed by atoms with van der Waals surface area (Å²) in [7, 11) is 0. The van der Waals surface area contributed by atoms with Gasteiger partial charge in [-0.15, -0.1) is 0 Å². The average Bonchev–Trinajstić information content (AvgIpc) is 3.30. The quantitative estimate of drug-likeness (QED) is 0.256. The number of nitro benzene ring substituents is 1. The molecule has 9 heteroatoms. The van der Waals surface area contributed by atoms with Crippen LogP contribution < -0.4 is 0 Å². The summed E-state index contributed by atoms with van der Waals surface area (Å²) >= 11 is 4.22. The molecule has 0 N–H and O–H groups in total. The lowest BCUT2D eigenvalue weighted by Crippen LogP contribution is -2.27. The van der Waals surface area contributed by atoms with Crippen LogP contribution in [-0.4, -0.2) is 21.0 Å². The minimum absolute atomic E-state index is 0.00928. The number of nitrogens with zero attached hydrogens (tertiary/aromatic N) is 2. The number of rotatable bonds is 5. The van der Waals surface area contributed by atoms with Gasteiger partial charge in [-0.2, -0.15) is 0 Å². The van der Waals surface area contributed by atoms with E-state index in [-0.39, 0.29) is 28.3 Å². The average molecular weight is 485 g/mol. The Balaban J connectivity index is 1.51. The second kappa shape index (κ2) is 8.29. The third kappa shape index (κ3) is 4.22. The Kier molecular flexibility index (Phi) is 5.56. The van der Waals surface area contributed by atoms with E-state index in [1.165, 1.54) is 23.1 Å². The number of hydrogen-bond donors (Lipinski definition) is 0. The lowest BCUT2D eigenvalue weighted by Gasteiger charge is -2.12. The second-order valence-corrected chi connectivity index (χ2v) is 8.31. The molecule has 1 saturated heterocycles. The Labute approximate surface area is 183 Å². The molecule has 2 amide bonds. The summed E-state index contributed by atoms with van der Waals surface area (Å²) in [5.74, 6) is 0.545. The number of nitro groups is 1. The summed E-state index contributed by atoms with van der Waals surface area (Å²) in [5.41, 5.74) is 1.51. The standard InChI is InChI=1S/C21H13BrN2O5S/c22-15-5-1-13(2-6-15)12-23-20(25)19(30-21(23)26)11-17-9-10-18(29-17)14-3-7-16(8-4-14)24(27)28/h1-11H,12H2. The summed E-state index contributed by atoms with van der Waals surface area (Å²) in [6.07, 6.45) is 1.53. The molecule has 1 aliphatic rings. The van der Waals surface area contributed by atoms with Crippen molar-refractivity contribution in [3.05, 3.63) is 91.5 Å². The highest BCUT2D eigenvalue weighted by Gasteiger charge is 2.35. The highest BCUT2D eigenvalue weighted by molar-refractivity contribution is 9.10. The van der Waals surface area contributed by atoms with Gasteiger partial charge in [0.2, 0.25) is 0 Å². The fraction of sp³-hybridized carbons (Fsp3) is 0.0476. The Morgan fingerprint density at radius 3 is 2.40 bits per heavy atom. The number of non-ortho nitro benzene ring substituents is 1. The van der Waals surface area contributed by atoms with Crippen LogP contribution in [0.15, 0.2) is 74.5 Å². The molecule has 0 bridgehead atoms. The van der Waals surface area contributed by atoms with Crippen molar-refractivity contribution in [2.24, 2.45) is 0 Å². The molecule has 4 rings (SSSR count). The van der Waals surface area contributed by atoms with Gasteiger partial charge in [-0.1, -0.05) is 28.1 Å². The maximum atomic E-state index is 12.7. The van der Waals surface area contributed by atoms with Crippen molar-refractivity contribution >= 4 is 50.6 Å². The van der Waals surface area contributed by atoms with Crippen molar-refractivity contribution in [1.82, 2.24) is 4.90 Å². The predicted molar refractivity (Wildman–Crippen MR) is 116 cm³/mol. The second-order valence-electron chi connectivity index (χ2n) is 6.40. The van der Waals surface area contributed by atoms with Crippen LogP contribution in [0.25, 0.3) is 17.4 Å². The van der Waals surface area contributed by atoms with E-state index in [2.05, 4.69) is 15.9 Å². The molecule has 3 aromatic rings. The molecule has 1 fully saturated rings. The van der Waals surface area contributed by atoms with Crippen molar-refractivity contribution < 1.29 is 18.9 Å². The van der Waals surface area contributed by atoms with Crippen LogP contribution in [0.2, 0.25) is 0 Å². The van der Waals surface area contributed by atoms with Gasteiger partial charge in [0.15, 0.2) is 0 Å². The number of imide groups is 1. The zero-order valence-corrected chi connectivity index (χ0v) is 17.7. The minimum Gasteiger partial charge on any atom is -0.457 e. The molecule has 0 atom stereocenters. The van der Waals surface area contributed by atoms with E-state index in [4.69, 9.17) is 4.42 Å². The van der Waals surface area contributed by atoms with Crippen LogP contribution in [-0.2, 0) is 11.3 Å². The van der Waals surface area contributed by atoms with Crippen LogP contribution in [0.1, 0.15) is 11.3 Å². The van der Waals surface area contributed by atoms with Gasteiger partial charge in [-0.3, -0.25) is 24.6 Å². The smallest absolute Gasteiger partial charge is 0.293 e. The molecule has 1 aromatic heterocycles. The van der Waals surface area contributed by atoms with Gasteiger partial charge in [0.25, 0.3) is 16.8 Å². The number of furan rings is 1. The Bertz CT molecular complexity index is 1170. The summed E-state index contributed by atoms with van der Waals surface area (Å²) in [6.45, 7) is 0.196. The molecule has 2 heterocycles. The fourth-order valence-electron chi connectivity index (χ4n) is 2.87. The third-order valence-corrected chi connectivity index (χ3v) is 5.83. The van der Waals surface area contributed by atoms with Crippen LogP contribution in [0.4, 0.5) is 10.5 Å². The van der Waals surface area contributed by atoms with E-state index in [1.54, 1.807) is 24.3 Å². The number of thioether (sulfide) groups is 1. The summed E-state index contributed by atoms with van der Waals surface area (Å²) in [5, 5.41) is 10.4. The number of halogens is 1. The van der Waals surface area contributed by atoms with E-state index >= 15 is 0 Å². The number of hydrogen-bond acceptors (Lipinski definition) is 6. The first-order valence-corrected chi connectivity index (χ1v) is 10.4. The van der Waals surface area contributed by atoms with E-state index in [9.17, 15) is 19.7 Å². The maximum absolute atomic E-state index is 12.7. The lowest BCUT2D eigenvalue weighted by molar-refractivity contribution is -0.384. The topological polar surface area (TPSA) is 93.7 Å². The molecule has 0 radical (unpaired) electrons. The zero-order chi connectivity index (χ0) is 21.3. The van der Waals surface area contributed by atoms with Gasteiger partial charge in [0, 0.05) is 28.2 Å². The molecule has 0 aliphatic carbocycles. The molecule has 0 spiro atoms. The van der Waals surface area contributed by atoms with Gasteiger partial charge in [0.05, 0.1) is 16.4 Å². The van der Waals surface area contributed by atoms with E-state index in [1.807, 2.05) is 24.3 Å². The van der Waals surface area contributed by atoms with E-state index in [0.29, 0.717) is 17.1 Å². The SMILES string of the molecule is O=C1SC(=Cc2ccc(-c3ccc([N+](=O)[O-])cc3)o2)C(=O)N1Cc1ccc(Br)cc1. The van der Waals surface area contributed by atoms with Gasteiger partial charge in [0.1, 0.15) is 11.5 Å². The van der Waals surface area contributed by atoms with Gasteiger partial charge < -0.3 is 4.42 Å². The van der Waals surface area contributed by atoms with Crippen LogP contribution >= 0.6 is 27.7 Å². The molecule has 7 nitrogen and oxygen atoms in total. The maximum Gasteiger partial charge on any atom is 0.293 e. The van der Waals surface area contributed by atoms with E-state index in [0.717, 1.165) is 21.8 Å². The first-order valence-electron chi connectivity index (χ1n) is 8.75. The largest absolute Gasteiger partial charge is 0.457 e. The highest BCUT2D eigenvalue weighted by atomic mass is 79.9. The van der Waals surface area contributed by atoms with Gasteiger partial charge >= 0.3 is 0 Å². The normalized spacial score (nSPS) is 15.2. The molecule has 30 heavy (non-hydrogen) atoms. The van der Waals surface area contributed by atoms with Crippen molar-refractivity contribution in [1.29, 1.82) is 0 Å². The molecular weight excluding hydrogens is 472 g/mol. The summed E-state index contributed by atoms with van der Waals surface area (Å²) in [6, 6.07) is 16.8. The van der Waals surface area contributed by atoms with Crippen molar-refractivity contribution in [3.8, 4) is 11.3 Å². The lowest BCUT2D eigenvalue weighted by atomic mass is 10.1. The summed E-state index contributed by atoms with van der Waals surface area (Å²) in [4.78, 5) is 36.7. The first kappa shape index (κ1) is 20.1. The van der Waals surface area contributed by atoms with Gasteiger partial charge in [-0.05, 0) is 53.7 Å². The molecule has 2 aromatic carbocycles. The van der Waals surface area contributed by atoms with Crippen LogP contribution in [0.5, 0.6) is 0 Å². The fourth-order valence-corrected chi connectivity index (χ4v) is 3.95. The Morgan fingerprint density at radius 2 is 1.73 bits per heavy atom. The van der Waals surface area contributed by atoms with E-state index < -0.39 is 4.92 Å². The predicted octanol–water partition coefficient (Wildman–Crippen LogP) is 5.85. The number of amides is 2. The van der Waals surface area contributed by atoms with Crippen LogP contribution in [0, 0.1) is 10.1 Å². The van der Waals surface area contributed by atoms with Crippen molar-refractivity contribution in [2.75, 3.05) is 0 Å². The zero-order valence-electron chi connectivity index (χ0n) is 15.3. The molecule has 1 aliphatic heterocycles. The highest BCUT2D eigenvalue weighted by Crippen LogP contribution is 2.34. The minimum atomic E-state index is -0.471. The molecule has 0 unspecified atom stereocenters. The molecular formula is C21H13BrN2O5S.